The number of rotatable bonds is 8. The zero-order chi connectivity index (χ0) is 14.3. The van der Waals surface area contributed by atoms with Crippen LogP contribution in [0.15, 0.2) is 23.1 Å². The highest BCUT2D eigenvalue weighted by molar-refractivity contribution is 7.98. The highest BCUT2D eigenvalue weighted by atomic mass is 32.2. The number of hydrogen-bond donors (Lipinski definition) is 3. The summed E-state index contributed by atoms with van der Waals surface area (Å²) in [7, 11) is -3.71. The van der Waals surface area contributed by atoms with E-state index in [9.17, 15) is 8.42 Å². The molecule has 0 aliphatic heterocycles. The van der Waals surface area contributed by atoms with Crippen LogP contribution in [-0.4, -0.2) is 27.0 Å². The quantitative estimate of drug-likeness (QED) is 0.503. The third-order valence-corrected chi connectivity index (χ3v) is 4.20. The Morgan fingerprint density at radius 2 is 1.95 bits per heavy atom. The summed E-state index contributed by atoms with van der Waals surface area (Å²) in [5, 5.41) is 8.26. The minimum atomic E-state index is -3.71. The Hall–Kier alpha value is -0.920. The van der Waals surface area contributed by atoms with Crippen LogP contribution in [0.2, 0.25) is 0 Å². The second-order valence-corrected chi connectivity index (χ2v) is 6.86. The molecule has 0 aliphatic rings. The van der Waals surface area contributed by atoms with Gasteiger partial charge in [0.25, 0.3) is 0 Å². The summed E-state index contributed by atoms with van der Waals surface area (Å²) < 4.78 is 22.6. The highest BCUT2D eigenvalue weighted by Gasteiger charge is 2.09. The monoisotopic (exact) mass is 303 g/mol. The number of nitrogens with two attached hydrogens (primary N) is 2. The minimum absolute atomic E-state index is 0.0392. The molecule has 5 nitrogen and oxygen atoms in total. The van der Waals surface area contributed by atoms with Gasteiger partial charge in [0.2, 0.25) is 10.0 Å². The zero-order valence-corrected chi connectivity index (χ0v) is 12.7. The van der Waals surface area contributed by atoms with E-state index in [-0.39, 0.29) is 4.90 Å². The number of nitrogen functional groups attached to an aromatic ring is 1. The Morgan fingerprint density at radius 1 is 1.21 bits per heavy atom. The molecule has 0 saturated heterocycles. The Balaban J connectivity index is 2.52. The first kappa shape index (κ1) is 16.1. The molecule has 0 aromatic heterocycles. The Kier molecular flexibility index (Phi) is 6.47. The third-order valence-electron chi connectivity index (χ3n) is 2.61. The van der Waals surface area contributed by atoms with Crippen LogP contribution in [0.1, 0.15) is 19.3 Å². The van der Waals surface area contributed by atoms with Crippen LogP contribution in [0.4, 0.5) is 11.4 Å². The van der Waals surface area contributed by atoms with E-state index in [0.717, 1.165) is 19.4 Å². The second kappa shape index (κ2) is 7.62. The van der Waals surface area contributed by atoms with E-state index >= 15 is 0 Å². The van der Waals surface area contributed by atoms with E-state index in [2.05, 4.69) is 11.6 Å². The third kappa shape index (κ3) is 6.17. The summed E-state index contributed by atoms with van der Waals surface area (Å²) in [5.41, 5.74) is 6.74. The molecule has 0 unspecified atom stereocenters. The Labute approximate surface area is 119 Å². The molecule has 19 heavy (non-hydrogen) atoms. The first-order valence-corrected chi connectivity index (χ1v) is 9.03. The molecule has 5 N–H and O–H groups in total. The van der Waals surface area contributed by atoms with Crippen LogP contribution in [0.25, 0.3) is 0 Å². The van der Waals surface area contributed by atoms with Crippen molar-refractivity contribution in [2.45, 2.75) is 24.2 Å². The lowest BCUT2D eigenvalue weighted by molar-refractivity contribution is 0.598. The molecular weight excluding hydrogens is 282 g/mol. The summed E-state index contributed by atoms with van der Waals surface area (Å²) >= 11 is 1.85. The number of sulfonamides is 1. The largest absolute Gasteiger partial charge is 0.399 e. The summed E-state index contributed by atoms with van der Waals surface area (Å²) in [5.74, 6) is 1.17. The lowest BCUT2D eigenvalue weighted by atomic mass is 10.2. The molecule has 0 fully saturated rings. The minimum Gasteiger partial charge on any atom is -0.399 e. The first-order valence-electron chi connectivity index (χ1n) is 6.09. The molecule has 0 heterocycles. The first-order chi connectivity index (χ1) is 8.93. The van der Waals surface area contributed by atoms with Gasteiger partial charge < -0.3 is 11.1 Å². The highest BCUT2D eigenvalue weighted by Crippen LogP contribution is 2.19. The fraction of sp³-hybridized carbons (Fsp3) is 0.500. The molecular formula is C12H21N3O2S2. The van der Waals surface area contributed by atoms with Gasteiger partial charge in [-0.2, -0.15) is 11.8 Å². The van der Waals surface area contributed by atoms with Crippen LogP contribution in [-0.2, 0) is 10.0 Å². The van der Waals surface area contributed by atoms with Crippen molar-refractivity contribution in [3.63, 3.8) is 0 Å². The van der Waals surface area contributed by atoms with Gasteiger partial charge in [0.1, 0.15) is 0 Å². The molecule has 0 amide bonds. The fourth-order valence-corrected chi connectivity index (χ4v) is 2.75. The van der Waals surface area contributed by atoms with E-state index in [1.165, 1.54) is 24.3 Å². The van der Waals surface area contributed by atoms with Gasteiger partial charge in [0.15, 0.2) is 0 Å². The molecule has 0 radical (unpaired) electrons. The van der Waals surface area contributed by atoms with Gasteiger partial charge >= 0.3 is 0 Å². The predicted octanol–water partition coefficient (Wildman–Crippen LogP) is 1.86. The van der Waals surface area contributed by atoms with E-state index in [1.54, 1.807) is 6.07 Å². The summed E-state index contributed by atoms with van der Waals surface area (Å²) in [6, 6.07) is 4.57. The maximum Gasteiger partial charge on any atom is 0.238 e. The van der Waals surface area contributed by atoms with Crippen molar-refractivity contribution < 1.29 is 8.42 Å². The zero-order valence-electron chi connectivity index (χ0n) is 11.1. The van der Waals surface area contributed by atoms with Crippen molar-refractivity contribution in [3.05, 3.63) is 18.2 Å². The van der Waals surface area contributed by atoms with Gasteiger partial charge in [-0.1, -0.05) is 6.42 Å². The van der Waals surface area contributed by atoms with Crippen LogP contribution in [0.3, 0.4) is 0 Å². The lowest BCUT2D eigenvalue weighted by Crippen LogP contribution is -2.13. The van der Waals surface area contributed by atoms with Gasteiger partial charge in [-0.3, -0.25) is 0 Å². The molecule has 108 valence electrons. The molecule has 1 rings (SSSR count). The predicted molar refractivity (Wildman–Crippen MR) is 83.0 cm³/mol. The molecule has 0 saturated carbocycles. The summed E-state index contributed by atoms with van der Waals surface area (Å²) in [6.07, 6.45) is 5.49. The van der Waals surface area contributed by atoms with Crippen LogP contribution in [0.5, 0.6) is 0 Å². The molecule has 0 aliphatic carbocycles. The number of unbranched alkanes of at least 4 members (excludes halogenated alkanes) is 2. The van der Waals surface area contributed by atoms with Crippen LogP contribution in [0, 0.1) is 0 Å². The topological polar surface area (TPSA) is 98.2 Å². The number of hydrogen-bond acceptors (Lipinski definition) is 5. The van der Waals surface area contributed by atoms with Crippen LogP contribution < -0.4 is 16.2 Å². The van der Waals surface area contributed by atoms with E-state index < -0.39 is 10.0 Å². The SMILES string of the molecule is CSCCCCCNc1cc(N)cc(S(N)(=O)=O)c1. The molecule has 7 heteroatoms. The van der Waals surface area contributed by atoms with Crippen molar-refractivity contribution in [1.29, 1.82) is 0 Å². The number of benzene rings is 1. The molecule has 1 aromatic carbocycles. The number of anilines is 2. The number of thioether (sulfide) groups is 1. The fourth-order valence-electron chi connectivity index (χ4n) is 1.67. The number of nitrogens with one attached hydrogen (secondary N) is 1. The Bertz CT molecular complexity index is 504. The van der Waals surface area contributed by atoms with E-state index in [0.29, 0.717) is 11.4 Å². The average molecular weight is 303 g/mol. The van der Waals surface area contributed by atoms with Crippen molar-refractivity contribution in [3.8, 4) is 0 Å². The lowest BCUT2D eigenvalue weighted by Gasteiger charge is -2.09. The van der Waals surface area contributed by atoms with Crippen molar-refractivity contribution in [1.82, 2.24) is 0 Å². The summed E-state index contributed by atoms with van der Waals surface area (Å²) in [4.78, 5) is 0.0392. The smallest absolute Gasteiger partial charge is 0.238 e. The van der Waals surface area contributed by atoms with Crippen molar-refractivity contribution >= 4 is 33.2 Å². The van der Waals surface area contributed by atoms with Crippen molar-refractivity contribution in [2.24, 2.45) is 5.14 Å². The van der Waals surface area contributed by atoms with Gasteiger partial charge in [0, 0.05) is 17.9 Å². The number of primary sulfonamides is 1. The second-order valence-electron chi connectivity index (χ2n) is 4.32. The average Bonchev–Trinajstić information content (AvgIpc) is 2.32. The van der Waals surface area contributed by atoms with E-state index in [4.69, 9.17) is 10.9 Å². The van der Waals surface area contributed by atoms with Gasteiger partial charge in [-0.05, 0) is 43.0 Å². The summed E-state index contributed by atoms with van der Waals surface area (Å²) in [6.45, 7) is 0.794. The standard InChI is InChI=1S/C12H21N3O2S2/c1-18-6-4-2-3-5-15-11-7-10(13)8-12(9-11)19(14,16)17/h7-9,15H,2-6,13H2,1H3,(H2,14,16,17). The van der Waals surface area contributed by atoms with Gasteiger partial charge in [0.05, 0.1) is 4.90 Å². The normalized spacial score (nSPS) is 11.5. The van der Waals surface area contributed by atoms with Crippen LogP contribution >= 0.6 is 11.8 Å². The van der Waals surface area contributed by atoms with Crippen molar-refractivity contribution in [2.75, 3.05) is 29.6 Å². The maximum atomic E-state index is 11.3. The molecule has 0 bridgehead atoms. The maximum absolute atomic E-state index is 11.3. The molecule has 0 spiro atoms. The molecule has 1 aromatic rings. The van der Waals surface area contributed by atoms with Gasteiger partial charge in [-0.15, -0.1) is 0 Å². The van der Waals surface area contributed by atoms with Gasteiger partial charge in [-0.25, -0.2) is 13.6 Å². The molecule has 0 atom stereocenters. The Morgan fingerprint density at radius 3 is 2.58 bits per heavy atom. The van der Waals surface area contributed by atoms with E-state index in [1.807, 2.05) is 11.8 Å².